The third-order valence-electron chi connectivity index (χ3n) is 5.64. The van der Waals surface area contributed by atoms with Crippen LogP contribution in [0, 0.1) is 5.41 Å². The first kappa shape index (κ1) is 17.0. The van der Waals surface area contributed by atoms with Crippen LogP contribution in [0.5, 0.6) is 0 Å². The van der Waals surface area contributed by atoms with E-state index in [1.165, 1.54) is 11.1 Å². The fourth-order valence-electron chi connectivity index (χ4n) is 4.05. The summed E-state index contributed by atoms with van der Waals surface area (Å²) in [5, 5.41) is 0. The van der Waals surface area contributed by atoms with Gasteiger partial charge in [0.1, 0.15) is 0 Å². The molecule has 2 aliphatic rings. The van der Waals surface area contributed by atoms with Crippen molar-refractivity contribution in [2.75, 3.05) is 19.6 Å². The predicted octanol–water partition coefficient (Wildman–Crippen LogP) is 3.17. The van der Waals surface area contributed by atoms with Gasteiger partial charge in [0.25, 0.3) is 0 Å². The van der Waals surface area contributed by atoms with Gasteiger partial charge < -0.3 is 9.80 Å². The molecule has 4 heteroatoms. The number of carbonyl (C=O) groups is 2. The van der Waals surface area contributed by atoms with Crippen LogP contribution in [0.4, 0.5) is 0 Å². The molecule has 2 fully saturated rings. The molecule has 2 amide bonds. The molecule has 2 saturated heterocycles. The monoisotopic (exact) mass is 328 g/mol. The largest absolute Gasteiger partial charge is 0.342 e. The summed E-state index contributed by atoms with van der Waals surface area (Å²) in [4.78, 5) is 28.6. The first-order valence-electron chi connectivity index (χ1n) is 9.05. The molecule has 4 nitrogen and oxygen atoms in total. The molecular weight excluding hydrogens is 300 g/mol. The molecule has 0 N–H and O–H groups in total. The van der Waals surface area contributed by atoms with E-state index in [0.717, 1.165) is 32.4 Å². The van der Waals surface area contributed by atoms with Crippen LogP contribution in [0.25, 0.3) is 0 Å². The number of piperidine rings is 1. The van der Waals surface area contributed by atoms with Crippen LogP contribution in [0.2, 0.25) is 0 Å². The summed E-state index contributed by atoms with van der Waals surface area (Å²) in [5.74, 6) is 0.849. The molecule has 1 spiro atoms. The molecule has 2 heterocycles. The molecule has 0 aliphatic carbocycles. The van der Waals surface area contributed by atoms with Gasteiger partial charge in [-0.1, -0.05) is 38.1 Å². The Morgan fingerprint density at radius 3 is 2.46 bits per heavy atom. The van der Waals surface area contributed by atoms with Crippen molar-refractivity contribution >= 4 is 11.8 Å². The van der Waals surface area contributed by atoms with E-state index >= 15 is 0 Å². The lowest BCUT2D eigenvalue weighted by molar-refractivity contribution is -0.146. The standard InChI is InChI=1S/C20H28N2O2/c1-15(2)18-7-5-17(6-8-18)13-21-11-4-9-20(19(21)24)10-12-22(14-20)16(3)23/h5-8,15H,4,9-14H2,1-3H3/t20-/m1/s1. The van der Waals surface area contributed by atoms with Crippen LogP contribution >= 0.6 is 0 Å². The lowest BCUT2D eigenvalue weighted by Crippen LogP contribution is -2.49. The first-order valence-corrected chi connectivity index (χ1v) is 9.05. The smallest absolute Gasteiger partial charge is 0.230 e. The maximum atomic E-state index is 13.1. The van der Waals surface area contributed by atoms with Crippen molar-refractivity contribution in [3.8, 4) is 0 Å². The van der Waals surface area contributed by atoms with E-state index in [-0.39, 0.29) is 17.2 Å². The van der Waals surface area contributed by atoms with Crippen LogP contribution in [0.15, 0.2) is 24.3 Å². The Balaban J connectivity index is 1.70. The van der Waals surface area contributed by atoms with E-state index in [0.29, 0.717) is 19.0 Å². The fraction of sp³-hybridized carbons (Fsp3) is 0.600. The van der Waals surface area contributed by atoms with Crippen molar-refractivity contribution in [1.29, 1.82) is 0 Å². The van der Waals surface area contributed by atoms with Gasteiger partial charge in [-0.05, 0) is 36.3 Å². The lowest BCUT2D eigenvalue weighted by atomic mass is 9.78. The highest BCUT2D eigenvalue weighted by Gasteiger charge is 2.48. The van der Waals surface area contributed by atoms with Gasteiger partial charge in [0, 0.05) is 33.1 Å². The second kappa shape index (κ2) is 6.58. The van der Waals surface area contributed by atoms with Gasteiger partial charge in [-0.3, -0.25) is 9.59 Å². The third-order valence-corrected chi connectivity index (χ3v) is 5.64. The number of nitrogens with zero attached hydrogens (tertiary/aromatic N) is 2. The summed E-state index contributed by atoms with van der Waals surface area (Å²) in [7, 11) is 0. The van der Waals surface area contributed by atoms with Gasteiger partial charge in [-0.25, -0.2) is 0 Å². The number of carbonyl (C=O) groups excluding carboxylic acids is 2. The quantitative estimate of drug-likeness (QED) is 0.855. The number of likely N-dealkylation sites (tertiary alicyclic amines) is 2. The van der Waals surface area contributed by atoms with Crippen LogP contribution < -0.4 is 0 Å². The minimum atomic E-state index is -0.332. The number of hydrogen-bond acceptors (Lipinski definition) is 2. The Morgan fingerprint density at radius 1 is 1.17 bits per heavy atom. The van der Waals surface area contributed by atoms with Crippen molar-refractivity contribution in [1.82, 2.24) is 9.80 Å². The van der Waals surface area contributed by atoms with Crippen LogP contribution in [0.3, 0.4) is 0 Å². The average molecular weight is 328 g/mol. The summed E-state index contributed by atoms with van der Waals surface area (Å²) in [5.41, 5.74) is 2.18. The Bertz CT molecular complexity index is 623. The summed E-state index contributed by atoms with van der Waals surface area (Å²) < 4.78 is 0. The summed E-state index contributed by atoms with van der Waals surface area (Å²) in [6.07, 6.45) is 2.76. The Morgan fingerprint density at radius 2 is 1.88 bits per heavy atom. The topological polar surface area (TPSA) is 40.6 Å². The maximum Gasteiger partial charge on any atom is 0.230 e. The van der Waals surface area contributed by atoms with Crippen molar-refractivity contribution in [2.24, 2.45) is 5.41 Å². The molecule has 0 bridgehead atoms. The SMILES string of the molecule is CC(=O)N1CC[C@]2(CCCN(Cc3ccc(C(C)C)cc3)C2=O)C1. The molecule has 130 valence electrons. The zero-order valence-corrected chi connectivity index (χ0v) is 15.0. The Labute approximate surface area is 144 Å². The molecular formula is C20H28N2O2. The minimum absolute atomic E-state index is 0.0843. The zero-order valence-electron chi connectivity index (χ0n) is 15.0. The van der Waals surface area contributed by atoms with Gasteiger partial charge in [0.15, 0.2) is 0 Å². The van der Waals surface area contributed by atoms with Crippen molar-refractivity contribution in [3.05, 3.63) is 35.4 Å². The number of rotatable bonds is 3. The molecule has 0 aromatic heterocycles. The van der Waals surface area contributed by atoms with E-state index in [9.17, 15) is 9.59 Å². The molecule has 1 atom stereocenters. The van der Waals surface area contributed by atoms with Gasteiger partial charge in [0.2, 0.25) is 11.8 Å². The molecule has 0 radical (unpaired) electrons. The lowest BCUT2D eigenvalue weighted by Gasteiger charge is -2.39. The molecule has 2 aliphatic heterocycles. The molecule has 3 rings (SSSR count). The summed E-state index contributed by atoms with van der Waals surface area (Å²) in [6.45, 7) is 8.80. The first-order chi connectivity index (χ1) is 11.4. The van der Waals surface area contributed by atoms with Gasteiger partial charge >= 0.3 is 0 Å². The van der Waals surface area contributed by atoms with Crippen molar-refractivity contribution in [3.63, 3.8) is 0 Å². The predicted molar refractivity (Wildman–Crippen MR) is 94.5 cm³/mol. The zero-order chi connectivity index (χ0) is 17.3. The van der Waals surface area contributed by atoms with E-state index in [4.69, 9.17) is 0 Å². The number of amides is 2. The third kappa shape index (κ3) is 3.19. The van der Waals surface area contributed by atoms with Crippen LogP contribution in [0.1, 0.15) is 57.1 Å². The minimum Gasteiger partial charge on any atom is -0.342 e. The second-order valence-corrected chi connectivity index (χ2v) is 7.70. The fourth-order valence-corrected chi connectivity index (χ4v) is 4.05. The normalized spacial score (nSPS) is 24.2. The second-order valence-electron chi connectivity index (χ2n) is 7.70. The number of benzene rings is 1. The van der Waals surface area contributed by atoms with Crippen molar-refractivity contribution in [2.45, 2.75) is 52.5 Å². The molecule has 24 heavy (non-hydrogen) atoms. The maximum absolute atomic E-state index is 13.1. The highest BCUT2D eigenvalue weighted by Crippen LogP contribution is 2.40. The van der Waals surface area contributed by atoms with Gasteiger partial charge in [-0.2, -0.15) is 0 Å². The van der Waals surface area contributed by atoms with E-state index in [1.54, 1.807) is 6.92 Å². The molecule has 0 unspecified atom stereocenters. The van der Waals surface area contributed by atoms with E-state index in [2.05, 4.69) is 38.1 Å². The molecule has 1 aromatic carbocycles. The summed E-state index contributed by atoms with van der Waals surface area (Å²) >= 11 is 0. The van der Waals surface area contributed by atoms with Crippen LogP contribution in [-0.2, 0) is 16.1 Å². The Hall–Kier alpha value is -1.84. The highest BCUT2D eigenvalue weighted by atomic mass is 16.2. The Kier molecular flexibility index (Phi) is 4.66. The molecule has 0 saturated carbocycles. The van der Waals surface area contributed by atoms with E-state index < -0.39 is 0 Å². The molecule has 1 aromatic rings. The van der Waals surface area contributed by atoms with Gasteiger partial charge in [0.05, 0.1) is 5.41 Å². The van der Waals surface area contributed by atoms with E-state index in [1.807, 2.05) is 9.80 Å². The highest BCUT2D eigenvalue weighted by molar-refractivity contribution is 5.85. The summed E-state index contributed by atoms with van der Waals surface area (Å²) in [6, 6.07) is 8.61. The number of hydrogen-bond donors (Lipinski definition) is 0. The van der Waals surface area contributed by atoms with Crippen molar-refractivity contribution < 1.29 is 9.59 Å². The van der Waals surface area contributed by atoms with Crippen LogP contribution in [-0.4, -0.2) is 41.2 Å². The average Bonchev–Trinajstić information content (AvgIpc) is 2.98. The van der Waals surface area contributed by atoms with Gasteiger partial charge in [-0.15, -0.1) is 0 Å².